The molecular weight excluding hydrogens is 224 g/mol. The number of fused-ring (bicyclic) bond motifs is 1. The topological polar surface area (TPSA) is 62.2 Å². The minimum atomic E-state index is -1.02. The van der Waals surface area contributed by atoms with Gasteiger partial charge in [-0.2, -0.15) is 0 Å². The van der Waals surface area contributed by atoms with E-state index in [2.05, 4.69) is 10.3 Å². The second-order valence-electron chi connectivity index (χ2n) is 4.05. The fraction of sp³-hybridized carbons (Fsp3) is 0.273. The minimum Gasteiger partial charge on any atom is -0.480 e. The Morgan fingerprint density at radius 1 is 1.50 bits per heavy atom. The number of anilines is 1. The second-order valence-corrected chi connectivity index (χ2v) is 4.99. The molecule has 16 heavy (non-hydrogen) atoms. The Balaban J connectivity index is 2.41. The number of carboxylic acids is 1. The predicted molar refractivity (Wildman–Crippen MR) is 65.0 cm³/mol. The number of aromatic nitrogens is 1. The van der Waals surface area contributed by atoms with Gasteiger partial charge in [-0.3, -0.25) is 0 Å². The number of aliphatic carboxylic acids is 1. The Morgan fingerprint density at radius 3 is 2.94 bits per heavy atom. The third-order valence-corrected chi connectivity index (χ3v) is 3.23. The highest BCUT2D eigenvalue weighted by Gasteiger charge is 2.27. The van der Waals surface area contributed by atoms with Crippen LogP contribution in [0.1, 0.15) is 13.8 Å². The average molecular weight is 236 g/mol. The molecule has 0 unspecified atom stereocenters. The summed E-state index contributed by atoms with van der Waals surface area (Å²) in [7, 11) is 0. The summed E-state index contributed by atoms with van der Waals surface area (Å²) in [5.74, 6) is -0.285. The van der Waals surface area contributed by atoms with Gasteiger partial charge in [0.25, 0.3) is 0 Å². The van der Waals surface area contributed by atoms with Gasteiger partial charge in [0.2, 0.25) is 0 Å². The lowest BCUT2D eigenvalue weighted by molar-refractivity contribution is -0.141. The molecule has 84 valence electrons. The predicted octanol–water partition coefficient (Wildman–Crippen LogP) is 2.57. The van der Waals surface area contributed by atoms with Crippen molar-refractivity contribution in [1.82, 2.24) is 4.98 Å². The number of rotatable bonds is 3. The summed E-state index contributed by atoms with van der Waals surface area (Å²) in [6, 6.07) is 3.85. The normalized spacial score (nSPS) is 11.6. The molecular formula is C11H12N2O2S. The first-order valence-electron chi connectivity index (χ1n) is 4.84. The van der Waals surface area contributed by atoms with Gasteiger partial charge in [0.15, 0.2) is 0 Å². The number of carboxylic acid groups (broad SMARTS) is 1. The van der Waals surface area contributed by atoms with Crippen molar-refractivity contribution in [3.63, 3.8) is 0 Å². The zero-order valence-electron chi connectivity index (χ0n) is 9.02. The quantitative estimate of drug-likeness (QED) is 0.859. The van der Waals surface area contributed by atoms with E-state index in [4.69, 9.17) is 5.11 Å². The molecule has 2 aromatic rings. The second kappa shape index (κ2) is 3.75. The van der Waals surface area contributed by atoms with E-state index in [1.807, 2.05) is 17.5 Å². The van der Waals surface area contributed by atoms with Crippen molar-refractivity contribution in [3.05, 3.63) is 23.7 Å². The standard InChI is InChI=1S/C11H12N2O2S/c1-11(2,10(14)15)13-9-7-4-6-16-8(7)3-5-12-9/h3-6H,1-2H3,(H,12,13)(H,14,15). The van der Waals surface area contributed by atoms with Crippen molar-refractivity contribution in [2.24, 2.45) is 0 Å². The molecule has 0 atom stereocenters. The van der Waals surface area contributed by atoms with Gasteiger partial charge in [-0.25, -0.2) is 9.78 Å². The van der Waals surface area contributed by atoms with Gasteiger partial charge in [0.05, 0.1) is 0 Å². The Hall–Kier alpha value is -1.62. The smallest absolute Gasteiger partial charge is 0.328 e. The lowest BCUT2D eigenvalue weighted by atomic mass is 10.1. The van der Waals surface area contributed by atoms with Crippen LogP contribution in [-0.2, 0) is 4.79 Å². The van der Waals surface area contributed by atoms with E-state index < -0.39 is 11.5 Å². The minimum absolute atomic E-state index is 0.617. The number of carbonyl (C=O) groups is 1. The summed E-state index contributed by atoms with van der Waals surface area (Å²) in [4.78, 5) is 15.2. The summed E-state index contributed by atoms with van der Waals surface area (Å²) in [5, 5.41) is 14.9. The van der Waals surface area contributed by atoms with Gasteiger partial charge in [0.1, 0.15) is 11.4 Å². The first-order chi connectivity index (χ1) is 7.50. The molecule has 2 aromatic heterocycles. The highest BCUT2D eigenvalue weighted by molar-refractivity contribution is 7.17. The van der Waals surface area contributed by atoms with Crippen molar-refractivity contribution in [3.8, 4) is 0 Å². The maximum absolute atomic E-state index is 11.0. The average Bonchev–Trinajstić information content (AvgIpc) is 2.65. The summed E-state index contributed by atoms with van der Waals surface area (Å²) in [5.41, 5.74) is -1.02. The van der Waals surface area contributed by atoms with Crippen LogP contribution in [-0.4, -0.2) is 21.6 Å². The van der Waals surface area contributed by atoms with Gasteiger partial charge >= 0.3 is 5.97 Å². The molecule has 0 aliphatic heterocycles. The van der Waals surface area contributed by atoms with Crippen LogP contribution >= 0.6 is 11.3 Å². The molecule has 0 aliphatic rings. The van der Waals surface area contributed by atoms with Gasteiger partial charge in [0, 0.05) is 16.3 Å². The van der Waals surface area contributed by atoms with E-state index in [9.17, 15) is 4.79 Å². The molecule has 0 aromatic carbocycles. The van der Waals surface area contributed by atoms with Crippen LogP contribution in [0.2, 0.25) is 0 Å². The molecule has 2 rings (SSSR count). The molecule has 0 bridgehead atoms. The number of nitrogens with one attached hydrogen (secondary N) is 1. The maximum Gasteiger partial charge on any atom is 0.328 e. The van der Waals surface area contributed by atoms with Gasteiger partial charge in [-0.1, -0.05) is 0 Å². The molecule has 0 saturated heterocycles. The molecule has 0 aliphatic carbocycles. The zero-order chi connectivity index (χ0) is 11.8. The third-order valence-electron chi connectivity index (χ3n) is 2.35. The lowest BCUT2D eigenvalue weighted by Gasteiger charge is -2.21. The van der Waals surface area contributed by atoms with Crippen LogP contribution in [0, 0.1) is 0 Å². The molecule has 2 N–H and O–H groups in total. The summed E-state index contributed by atoms with van der Waals surface area (Å²) in [6.45, 7) is 3.23. The first-order valence-corrected chi connectivity index (χ1v) is 5.72. The third kappa shape index (κ3) is 1.86. The van der Waals surface area contributed by atoms with Crippen LogP contribution < -0.4 is 5.32 Å². The van der Waals surface area contributed by atoms with Gasteiger partial charge < -0.3 is 10.4 Å². The van der Waals surface area contributed by atoms with Crippen molar-refractivity contribution in [1.29, 1.82) is 0 Å². The number of hydrogen-bond donors (Lipinski definition) is 2. The van der Waals surface area contributed by atoms with Crippen molar-refractivity contribution in [2.75, 3.05) is 5.32 Å². The zero-order valence-corrected chi connectivity index (χ0v) is 9.84. The van der Waals surface area contributed by atoms with Crippen molar-refractivity contribution < 1.29 is 9.90 Å². The summed E-state index contributed by atoms with van der Waals surface area (Å²) < 4.78 is 1.10. The van der Waals surface area contributed by atoms with E-state index in [0.29, 0.717) is 5.82 Å². The monoisotopic (exact) mass is 236 g/mol. The van der Waals surface area contributed by atoms with Crippen LogP contribution in [0.25, 0.3) is 10.1 Å². The van der Waals surface area contributed by atoms with E-state index in [-0.39, 0.29) is 0 Å². The van der Waals surface area contributed by atoms with E-state index in [1.165, 1.54) is 0 Å². The first kappa shape index (κ1) is 10.9. The lowest BCUT2D eigenvalue weighted by Crippen LogP contribution is -2.40. The maximum atomic E-state index is 11.0. The number of hydrogen-bond acceptors (Lipinski definition) is 4. The molecule has 0 saturated carbocycles. The molecule has 0 fully saturated rings. The van der Waals surface area contributed by atoms with E-state index in [0.717, 1.165) is 10.1 Å². The van der Waals surface area contributed by atoms with Crippen LogP contribution in [0.15, 0.2) is 23.7 Å². The molecule has 4 nitrogen and oxygen atoms in total. The van der Waals surface area contributed by atoms with Crippen LogP contribution in [0.5, 0.6) is 0 Å². The summed E-state index contributed by atoms with van der Waals surface area (Å²) >= 11 is 1.61. The van der Waals surface area contributed by atoms with Gasteiger partial charge in [-0.05, 0) is 31.4 Å². The van der Waals surface area contributed by atoms with Gasteiger partial charge in [-0.15, -0.1) is 11.3 Å². The Labute approximate surface area is 96.9 Å². The number of thiophene rings is 1. The largest absolute Gasteiger partial charge is 0.480 e. The highest BCUT2D eigenvalue weighted by Crippen LogP contribution is 2.27. The Morgan fingerprint density at radius 2 is 2.25 bits per heavy atom. The number of nitrogens with zero attached hydrogens (tertiary/aromatic N) is 1. The SMILES string of the molecule is CC(C)(Nc1nccc2sccc12)C(=O)O. The molecule has 0 radical (unpaired) electrons. The van der Waals surface area contributed by atoms with Crippen LogP contribution in [0.4, 0.5) is 5.82 Å². The van der Waals surface area contributed by atoms with Crippen molar-refractivity contribution >= 4 is 33.2 Å². The Kier molecular flexibility index (Phi) is 2.55. The van der Waals surface area contributed by atoms with E-state index in [1.54, 1.807) is 31.4 Å². The molecule has 0 amide bonds. The molecule has 2 heterocycles. The highest BCUT2D eigenvalue weighted by atomic mass is 32.1. The Bertz CT molecular complexity index is 534. The summed E-state index contributed by atoms with van der Waals surface area (Å²) in [6.07, 6.45) is 1.68. The fourth-order valence-corrected chi connectivity index (χ4v) is 2.13. The van der Waals surface area contributed by atoms with E-state index >= 15 is 0 Å². The molecule has 5 heteroatoms. The molecule has 0 spiro atoms. The fourth-order valence-electron chi connectivity index (χ4n) is 1.34. The number of pyridine rings is 1. The van der Waals surface area contributed by atoms with Crippen LogP contribution in [0.3, 0.4) is 0 Å². The van der Waals surface area contributed by atoms with Crippen molar-refractivity contribution in [2.45, 2.75) is 19.4 Å².